The Bertz CT molecular complexity index is 1630. The molecule has 1 spiro atoms. The lowest BCUT2D eigenvalue weighted by Crippen LogP contribution is -2.53. The van der Waals surface area contributed by atoms with Crippen molar-refractivity contribution in [2.24, 2.45) is 11.8 Å². The van der Waals surface area contributed by atoms with Gasteiger partial charge in [0.25, 0.3) is 0 Å². The molecule has 4 atom stereocenters. The number of aromatic nitrogens is 1. The minimum Gasteiger partial charge on any atom is -0.361 e. The molecule has 0 aliphatic carbocycles. The van der Waals surface area contributed by atoms with Crippen LogP contribution in [0.5, 0.6) is 0 Å². The van der Waals surface area contributed by atoms with Gasteiger partial charge in [-0.25, -0.2) is 4.90 Å². The van der Waals surface area contributed by atoms with E-state index in [2.05, 4.69) is 15.6 Å². The number of nitrogens with zero attached hydrogens (tertiary/aromatic N) is 1. The standard InChI is InChI=1S/C28H20Cl2N4O3/c29-15-10-16(30)12-17(11-15)34-25(35)23-22(9-14-13-31-20-7-3-1-5-18(14)20)33-28(24(23)26(34)36)19-6-2-4-8-21(19)32-27(28)37/h1-8,10-13,22-24,31,33H,9H2,(H,32,37)/t22-,23-,24+,28-/m1/s1. The van der Waals surface area contributed by atoms with E-state index in [1.165, 1.54) is 0 Å². The molecule has 4 aromatic rings. The van der Waals surface area contributed by atoms with Crippen molar-refractivity contribution in [1.82, 2.24) is 10.3 Å². The van der Waals surface area contributed by atoms with Crippen LogP contribution in [0.2, 0.25) is 10.0 Å². The lowest BCUT2D eigenvalue weighted by atomic mass is 9.76. The minimum absolute atomic E-state index is 0.301. The Morgan fingerprint density at radius 2 is 1.62 bits per heavy atom. The molecule has 3 aromatic carbocycles. The van der Waals surface area contributed by atoms with Crippen LogP contribution in [0.3, 0.4) is 0 Å². The Labute approximate surface area is 221 Å². The predicted octanol–water partition coefficient (Wildman–Crippen LogP) is 4.64. The van der Waals surface area contributed by atoms with Gasteiger partial charge in [0, 0.05) is 44.4 Å². The van der Waals surface area contributed by atoms with Crippen LogP contribution in [-0.4, -0.2) is 28.7 Å². The van der Waals surface area contributed by atoms with Gasteiger partial charge in [-0.3, -0.25) is 19.7 Å². The number of fused-ring (bicyclic) bond motifs is 5. The van der Waals surface area contributed by atoms with Gasteiger partial charge in [-0.1, -0.05) is 59.6 Å². The van der Waals surface area contributed by atoms with E-state index in [4.69, 9.17) is 23.2 Å². The first-order valence-electron chi connectivity index (χ1n) is 12.0. The molecule has 7 nitrogen and oxygen atoms in total. The van der Waals surface area contributed by atoms with Crippen LogP contribution in [0.4, 0.5) is 11.4 Å². The second-order valence-corrected chi connectivity index (χ2v) is 10.6. The summed E-state index contributed by atoms with van der Waals surface area (Å²) in [5.74, 6) is -2.86. The van der Waals surface area contributed by atoms with E-state index in [0.717, 1.165) is 21.4 Å². The summed E-state index contributed by atoms with van der Waals surface area (Å²) in [5.41, 5.74) is 2.21. The molecule has 2 saturated heterocycles. The number of imide groups is 1. The molecule has 3 N–H and O–H groups in total. The van der Waals surface area contributed by atoms with Crippen molar-refractivity contribution in [2.45, 2.75) is 18.0 Å². The molecule has 4 heterocycles. The lowest BCUT2D eigenvalue weighted by Gasteiger charge is -2.29. The molecule has 37 heavy (non-hydrogen) atoms. The number of halogens is 2. The second kappa shape index (κ2) is 7.92. The third kappa shape index (κ3) is 3.08. The summed E-state index contributed by atoms with van der Waals surface area (Å²) in [5, 5.41) is 8.07. The SMILES string of the molecule is O=C1[C@H]2[C@@H](C(=O)N1c1cc(Cl)cc(Cl)c1)[C@@]1(N[C@@H]2Cc2c[nH]c3ccccc23)C(=O)Nc2ccccc21. The van der Waals surface area contributed by atoms with E-state index in [1.54, 1.807) is 24.3 Å². The summed E-state index contributed by atoms with van der Waals surface area (Å²) in [6, 6.07) is 19.4. The van der Waals surface area contributed by atoms with Gasteiger partial charge in [-0.15, -0.1) is 0 Å². The maximum Gasteiger partial charge on any atom is 0.250 e. The zero-order valence-electron chi connectivity index (χ0n) is 19.3. The van der Waals surface area contributed by atoms with Crippen LogP contribution >= 0.6 is 23.2 Å². The Balaban J connectivity index is 1.38. The van der Waals surface area contributed by atoms with Crippen molar-refractivity contribution < 1.29 is 14.4 Å². The predicted molar refractivity (Wildman–Crippen MR) is 142 cm³/mol. The van der Waals surface area contributed by atoms with Crippen LogP contribution in [0.15, 0.2) is 72.9 Å². The molecular formula is C28H20Cl2N4O3. The van der Waals surface area contributed by atoms with Crippen LogP contribution in [0, 0.1) is 11.8 Å². The first kappa shape index (κ1) is 22.5. The van der Waals surface area contributed by atoms with E-state index in [-0.39, 0.29) is 11.8 Å². The van der Waals surface area contributed by atoms with E-state index < -0.39 is 29.3 Å². The number of hydrogen-bond acceptors (Lipinski definition) is 4. The number of carbonyl (C=O) groups is 3. The monoisotopic (exact) mass is 530 g/mol. The molecule has 0 radical (unpaired) electrons. The molecule has 7 rings (SSSR count). The summed E-state index contributed by atoms with van der Waals surface area (Å²) in [6.45, 7) is 0. The molecule has 3 aliphatic heterocycles. The molecule has 2 fully saturated rings. The molecule has 9 heteroatoms. The summed E-state index contributed by atoms with van der Waals surface area (Å²) in [4.78, 5) is 46.2. The van der Waals surface area contributed by atoms with E-state index in [9.17, 15) is 14.4 Å². The minimum atomic E-state index is -1.37. The normalized spacial score (nSPS) is 26.3. The lowest BCUT2D eigenvalue weighted by molar-refractivity contribution is -0.130. The Hall–Kier alpha value is -3.65. The van der Waals surface area contributed by atoms with E-state index in [0.29, 0.717) is 33.4 Å². The maximum absolute atomic E-state index is 14.1. The van der Waals surface area contributed by atoms with Crippen LogP contribution in [-0.2, 0) is 26.3 Å². The highest BCUT2D eigenvalue weighted by atomic mass is 35.5. The van der Waals surface area contributed by atoms with Crippen LogP contribution < -0.4 is 15.5 Å². The number of rotatable bonds is 3. The fourth-order valence-corrected chi connectivity index (χ4v) is 6.91. The Morgan fingerprint density at radius 1 is 0.892 bits per heavy atom. The number of aromatic amines is 1. The third-order valence-corrected chi connectivity index (χ3v) is 8.28. The fraction of sp³-hybridized carbons (Fsp3) is 0.179. The zero-order chi connectivity index (χ0) is 25.5. The largest absolute Gasteiger partial charge is 0.361 e. The smallest absolute Gasteiger partial charge is 0.250 e. The highest BCUT2D eigenvalue weighted by Gasteiger charge is 2.70. The average molecular weight is 531 g/mol. The van der Waals surface area contributed by atoms with E-state index >= 15 is 0 Å². The highest BCUT2D eigenvalue weighted by molar-refractivity contribution is 6.36. The van der Waals surface area contributed by atoms with Crippen molar-refractivity contribution in [2.75, 3.05) is 10.2 Å². The van der Waals surface area contributed by atoms with Gasteiger partial charge in [0.2, 0.25) is 17.7 Å². The quantitative estimate of drug-likeness (QED) is 0.336. The maximum atomic E-state index is 14.1. The van der Waals surface area contributed by atoms with Crippen LogP contribution in [0.25, 0.3) is 10.9 Å². The number of anilines is 2. The molecular weight excluding hydrogens is 511 g/mol. The summed E-state index contributed by atoms with van der Waals surface area (Å²) < 4.78 is 0. The molecule has 1 aromatic heterocycles. The number of H-pyrrole nitrogens is 1. The van der Waals surface area contributed by atoms with Crippen molar-refractivity contribution >= 4 is 63.2 Å². The van der Waals surface area contributed by atoms with Crippen molar-refractivity contribution in [3.05, 3.63) is 94.1 Å². The van der Waals surface area contributed by atoms with Crippen molar-refractivity contribution in [1.29, 1.82) is 0 Å². The van der Waals surface area contributed by atoms with Crippen LogP contribution in [0.1, 0.15) is 11.1 Å². The first-order chi connectivity index (χ1) is 17.9. The average Bonchev–Trinajstić information content (AvgIpc) is 3.57. The molecule has 3 aliphatic rings. The molecule has 184 valence electrons. The second-order valence-electron chi connectivity index (χ2n) is 9.77. The summed E-state index contributed by atoms with van der Waals surface area (Å²) in [6.07, 6.45) is 2.37. The van der Waals surface area contributed by atoms with Gasteiger partial charge >= 0.3 is 0 Å². The number of hydrogen-bond donors (Lipinski definition) is 3. The number of benzene rings is 3. The Kier molecular flexibility index (Phi) is 4.83. The number of amides is 3. The number of para-hydroxylation sites is 2. The summed E-state index contributed by atoms with van der Waals surface area (Å²) >= 11 is 12.4. The van der Waals surface area contributed by atoms with Gasteiger partial charge in [0.05, 0.1) is 17.5 Å². The number of carbonyl (C=O) groups excluding carboxylic acids is 3. The Morgan fingerprint density at radius 3 is 2.43 bits per heavy atom. The van der Waals surface area contributed by atoms with Gasteiger partial charge in [0.15, 0.2) is 0 Å². The zero-order valence-corrected chi connectivity index (χ0v) is 20.8. The topological polar surface area (TPSA) is 94.3 Å². The highest BCUT2D eigenvalue weighted by Crippen LogP contribution is 2.54. The molecule has 3 amide bonds. The van der Waals surface area contributed by atoms with Crippen molar-refractivity contribution in [3.8, 4) is 0 Å². The first-order valence-corrected chi connectivity index (χ1v) is 12.7. The van der Waals surface area contributed by atoms with Gasteiger partial charge in [0.1, 0.15) is 5.54 Å². The van der Waals surface area contributed by atoms with Gasteiger partial charge in [-0.05, 0) is 42.3 Å². The van der Waals surface area contributed by atoms with E-state index in [1.807, 2.05) is 48.7 Å². The molecule has 0 unspecified atom stereocenters. The number of nitrogens with one attached hydrogen (secondary N) is 3. The summed E-state index contributed by atoms with van der Waals surface area (Å²) in [7, 11) is 0. The van der Waals surface area contributed by atoms with Crippen molar-refractivity contribution in [3.63, 3.8) is 0 Å². The van der Waals surface area contributed by atoms with Gasteiger partial charge in [-0.2, -0.15) is 0 Å². The molecule has 0 bridgehead atoms. The third-order valence-electron chi connectivity index (χ3n) is 7.84. The van der Waals surface area contributed by atoms with Gasteiger partial charge < -0.3 is 10.3 Å². The molecule has 0 saturated carbocycles. The fourth-order valence-electron chi connectivity index (χ4n) is 6.39.